The average molecular weight is 360 g/mol. The van der Waals surface area contributed by atoms with Gasteiger partial charge in [-0.15, -0.1) is 11.3 Å². The van der Waals surface area contributed by atoms with Crippen molar-refractivity contribution in [3.05, 3.63) is 46.5 Å². The van der Waals surface area contributed by atoms with E-state index in [1.807, 2.05) is 19.2 Å². The number of fused-ring (bicyclic) bond motifs is 1. The van der Waals surface area contributed by atoms with E-state index in [1.54, 1.807) is 13.1 Å². The number of nitrogens with zero attached hydrogens (tertiary/aromatic N) is 3. The second-order valence-corrected chi connectivity index (χ2v) is 6.39. The molecule has 0 aliphatic carbocycles. The highest BCUT2D eigenvalue weighted by Gasteiger charge is 2.19. The molecule has 0 saturated carbocycles. The van der Waals surface area contributed by atoms with Gasteiger partial charge in [0.15, 0.2) is 5.69 Å². The van der Waals surface area contributed by atoms with Crippen molar-refractivity contribution in [2.45, 2.75) is 26.8 Å². The molecule has 0 unspecified atom stereocenters. The number of carbonyl (C=O) groups excluding carboxylic acids is 1. The van der Waals surface area contributed by atoms with E-state index in [4.69, 9.17) is 4.74 Å². The maximum absolute atomic E-state index is 13.4. The zero-order chi connectivity index (χ0) is 18.0. The van der Waals surface area contributed by atoms with E-state index in [0.717, 1.165) is 11.8 Å². The zero-order valence-electron chi connectivity index (χ0n) is 14.0. The molecule has 3 rings (SSSR count). The maximum Gasteiger partial charge on any atom is 0.358 e. The Labute approximate surface area is 148 Å². The van der Waals surface area contributed by atoms with Gasteiger partial charge in [-0.05, 0) is 43.3 Å². The van der Waals surface area contributed by atoms with Gasteiger partial charge in [0.2, 0.25) is 5.95 Å². The first kappa shape index (κ1) is 17.2. The van der Waals surface area contributed by atoms with Crippen molar-refractivity contribution in [2.24, 2.45) is 0 Å². The molecule has 0 aromatic carbocycles. The highest BCUT2D eigenvalue weighted by atomic mass is 32.1. The predicted octanol–water partition coefficient (Wildman–Crippen LogP) is 3.88. The second-order valence-electron chi connectivity index (χ2n) is 5.52. The molecule has 0 aliphatic heterocycles. The first-order valence-electron chi connectivity index (χ1n) is 7.79. The zero-order valence-corrected chi connectivity index (χ0v) is 14.9. The van der Waals surface area contributed by atoms with Crippen LogP contribution in [0.15, 0.2) is 23.8 Å². The number of halogens is 1. The number of hydrogen-bond donors (Lipinski definition) is 1. The minimum Gasteiger partial charge on any atom is -0.461 e. The highest BCUT2D eigenvalue weighted by molar-refractivity contribution is 7.17. The smallest absolute Gasteiger partial charge is 0.358 e. The lowest BCUT2D eigenvalue weighted by molar-refractivity contribution is 0.0522. The van der Waals surface area contributed by atoms with Crippen LogP contribution in [0.25, 0.3) is 10.2 Å². The molecule has 6 nitrogen and oxygen atoms in total. The van der Waals surface area contributed by atoms with Crippen LogP contribution in [-0.4, -0.2) is 27.5 Å². The Bertz CT molecular complexity index is 928. The third-order valence-corrected chi connectivity index (χ3v) is 4.73. The number of carbonyl (C=O) groups is 1. The van der Waals surface area contributed by atoms with Gasteiger partial charge in [-0.1, -0.05) is 0 Å². The Kier molecular flexibility index (Phi) is 4.89. The van der Waals surface area contributed by atoms with Gasteiger partial charge < -0.3 is 10.1 Å². The molecular formula is C17H17FN4O2S. The number of rotatable bonds is 5. The number of thiophene rings is 1. The quantitative estimate of drug-likeness (QED) is 0.696. The van der Waals surface area contributed by atoms with E-state index < -0.39 is 11.8 Å². The minimum atomic E-state index is -0.486. The van der Waals surface area contributed by atoms with Crippen molar-refractivity contribution < 1.29 is 13.9 Å². The van der Waals surface area contributed by atoms with Gasteiger partial charge in [-0.3, -0.25) is 4.98 Å². The van der Waals surface area contributed by atoms with E-state index in [9.17, 15) is 9.18 Å². The lowest BCUT2D eigenvalue weighted by atomic mass is 10.1. The molecule has 1 atom stereocenters. The molecule has 0 fully saturated rings. The fourth-order valence-electron chi connectivity index (χ4n) is 2.38. The average Bonchev–Trinajstić information content (AvgIpc) is 2.95. The SMILES string of the molecule is CCOC(=O)c1nc(N[C@@H](C)c2cncc(F)c2)nc2c(C)csc12. The Morgan fingerprint density at radius 2 is 2.20 bits per heavy atom. The molecule has 25 heavy (non-hydrogen) atoms. The number of nitrogens with one attached hydrogen (secondary N) is 1. The van der Waals surface area contributed by atoms with Crippen LogP contribution in [0.5, 0.6) is 0 Å². The first-order valence-corrected chi connectivity index (χ1v) is 8.67. The Hall–Kier alpha value is -2.61. The molecule has 0 amide bonds. The van der Waals surface area contributed by atoms with Crippen molar-refractivity contribution >= 4 is 33.5 Å². The van der Waals surface area contributed by atoms with Gasteiger partial charge in [0.25, 0.3) is 0 Å². The van der Waals surface area contributed by atoms with Crippen molar-refractivity contribution in [3.63, 3.8) is 0 Å². The summed E-state index contributed by atoms with van der Waals surface area (Å²) in [5.41, 5.74) is 2.55. The van der Waals surface area contributed by atoms with Gasteiger partial charge in [0.05, 0.1) is 29.1 Å². The molecule has 130 valence electrons. The Morgan fingerprint density at radius 3 is 2.92 bits per heavy atom. The summed E-state index contributed by atoms with van der Waals surface area (Å²) in [4.78, 5) is 24.9. The van der Waals surface area contributed by atoms with Crippen LogP contribution in [-0.2, 0) is 4.74 Å². The van der Waals surface area contributed by atoms with E-state index in [-0.39, 0.29) is 24.3 Å². The fraction of sp³-hybridized carbons (Fsp3) is 0.294. The molecule has 0 spiro atoms. The monoisotopic (exact) mass is 360 g/mol. The molecule has 1 N–H and O–H groups in total. The molecule has 3 aromatic rings. The topological polar surface area (TPSA) is 77.0 Å². The van der Waals surface area contributed by atoms with E-state index in [2.05, 4.69) is 20.3 Å². The highest BCUT2D eigenvalue weighted by Crippen LogP contribution is 2.29. The van der Waals surface area contributed by atoms with Crippen molar-refractivity contribution in [1.82, 2.24) is 15.0 Å². The maximum atomic E-state index is 13.4. The van der Waals surface area contributed by atoms with Crippen molar-refractivity contribution in [3.8, 4) is 0 Å². The van der Waals surface area contributed by atoms with Gasteiger partial charge in [0, 0.05) is 6.20 Å². The molecule has 3 heterocycles. The molecule has 0 bridgehead atoms. The summed E-state index contributed by atoms with van der Waals surface area (Å²) in [6, 6.07) is 1.11. The predicted molar refractivity (Wildman–Crippen MR) is 94.3 cm³/mol. The standard InChI is InChI=1S/C17H17FN4O2S/c1-4-24-16(23)14-15-13(9(2)8-25-15)21-17(22-14)20-10(3)11-5-12(18)7-19-6-11/h5-8,10H,4H2,1-3H3,(H,20,21,22)/t10-/m0/s1. The number of hydrogen-bond acceptors (Lipinski definition) is 7. The van der Waals surface area contributed by atoms with Gasteiger partial charge in [-0.2, -0.15) is 0 Å². The molecule has 3 aromatic heterocycles. The summed E-state index contributed by atoms with van der Waals surface area (Å²) >= 11 is 1.41. The van der Waals surface area contributed by atoms with E-state index in [0.29, 0.717) is 15.8 Å². The van der Waals surface area contributed by atoms with Crippen molar-refractivity contribution in [1.29, 1.82) is 0 Å². The van der Waals surface area contributed by atoms with Gasteiger partial charge in [-0.25, -0.2) is 19.2 Å². The van der Waals surface area contributed by atoms with Crippen molar-refractivity contribution in [2.75, 3.05) is 11.9 Å². The first-order chi connectivity index (χ1) is 12.0. The number of aryl methyl sites for hydroxylation is 1. The van der Waals surface area contributed by atoms with Crippen LogP contribution < -0.4 is 5.32 Å². The number of aromatic nitrogens is 3. The summed E-state index contributed by atoms with van der Waals surface area (Å²) in [5.74, 6) is -0.614. The van der Waals surface area contributed by atoms with Crippen LogP contribution in [0.2, 0.25) is 0 Å². The molecule has 0 radical (unpaired) electrons. The lowest BCUT2D eigenvalue weighted by Crippen LogP contribution is -2.14. The number of anilines is 1. The van der Waals surface area contributed by atoms with Gasteiger partial charge >= 0.3 is 5.97 Å². The number of ether oxygens (including phenoxy) is 1. The Morgan fingerprint density at radius 1 is 1.40 bits per heavy atom. The van der Waals surface area contributed by atoms with Crippen LogP contribution >= 0.6 is 11.3 Å². The minimum absolute atomic E-state index is 0.233. The molecule has 0 aliphatic rings. The summed E-state index contributed by atoms with van der Waals surface area (Å²) in [5, 5.41) is 5.02. The number of esters is 1. The third kappa shape index (κ3) is 3.58. The summed E-state index contributed by atoms with van der Waals surface area (Å²) in [7, 11) is 0. The second kappa shape index (κ2) is 7.10. The summed E-state index contributed by atoms with van der Waals surface area (Å²) in [6.45, 7) is 5.77. The van der Waals surface area contributed by atoms with Crippen LogP contribution in [0, 0.1) is 12.7 Å². The third-order valence-electron chi connectivity index (χ3n) is 3.63. The van der Waals surface area contributed by atoms with Crippen LogP contribution in [0.1, 0.15) is 41.5 Å². The summed E-state index contributed by atoms with van der Waals surface area (Å²) < 4.78 is 19.2. The molecule has 8 heteroatoms. The van der Waals surface area contributed by atoms with Gasteiger partial charge in [0.1, 0.15) is 5.82 Å². The van der Waals surface area contributed by atoms with Crippen LogP contribution in [0.3, 0.4) is 0 Å². The Balaban J connectivity index is 1.98. The summed E-state index contributed by atoms with van der Waals surface area (Å²) in [6.07, 6.45) is 2.72. The van der Waals surface area contributed by atoms with E-state index in [1.165, 1.54) is 17.4 Å². The fourth-order valence-corrected chi connectivity index (χ4v) is 3.34. The molecule has 0 saturated heterocycles. The lowest BCUT2D eigenvalue weighted by Gasteiger charge is -2.15. The largest absolute Gasteiger partial charge is 0.461 e. The molecular weight excluding hydrogens is 343 g/mol. The van der Waals surface area contributed by atoms with Crippen LogP contribution in [0.4, 0.5) is 10.3 Å². The normalized spacial score (nSPS) is 12.2. The number of pyridine rings is 1. The van der Waals surface area contributed by atoms with E-state index >= 15 is 0 Å².